The number of halogens is 2. The van der Waals surface area contributed by atoms with Crippen molar-refractivity contribution in [2.24, 2.45) is 7.05 Å². The van der Waals surface area contributed by atoms with Gasteiger partial charge in [0.15, 0.2) is 0 Å². The average Bonchev–Trinajstić information content (AvgIpc) is 2.98. The van der Waals surface area contributed by atoms with Crippen LogP contribution in [0.25, 0.3) is 16.9 Å². The van der Waals surface area contributed by atoms with Crippen LogP contribution in [0.5, 0.6) is 0 Å². The topological polar surface area (TPSA) is 35.6 Å². The number of hydrogen-bond acceptors (Lipinski definition) is 2. The maximum absolute atomic E-state index is 5.88. The number of aromatic nitrogens is 4. The molecule has 0 spiro atoms. The van der Waals surface area contributed by atoms with Gasteiger partial charge in [0.05, 0.1) is 27.3 Å². The smallest absolute Gasteiger partial charge is 0.0844 e. The quantitative estimate of drug-likeness (QED) is 0.634. The van der Waals surface area contributed by atoms with Crippen molar-refractivity contribution in [1.29, 1.82) is 0 Å². The normalized spacial score (nSPS) is 10.9. The van der Waals surface area contributed by atoms with E-state index in [9.17, 15) is 0 Å². The van der Waals surface area contributed by atoms with Crippen molar-refractivity contribution in [2.75, 3.05) is 0 Å². The predicted molar refractivity (Wildman–Crippen MR) is 83.5 cm³/mol. The largest absolute Gasteiger partial charge is 0.267 e. The summed E-state index contributed by atoms with van der Waals surface area (Å²) in [6, 6.07) is 7.58. The van der Waals surface area contributed by atoms with Gasteiger partial charge in [-0.05, 0) is 46.9 Å². The van der Waals surface area contributed by atoms with Crippen LogP contribution in [0.15, 0.2) is 42.9 Å². The van der Waals surface area contributed by atoms with E-state index in [0.717, 1.165) is 25.5 Å². The molecule has 3 aromatic rings. The monoisotopic (exact) mass is 384 g/mol. The molecule has 2 aromatic heterocycles. The van der Waals surface area contributed by atoms with Crippen molar-refractivity contribution >= 4 is 34.2 Å². The van der Waals surface area contributed by atoms with Crippen molar-refractivity contribution in [2.45, 2.75) is 0 Å². The minimum absolute atomic E-state index is 0.720. The summed E-state index contributed by atoms with van der Waals surface area (Å²) in [4.78, 5) is 0. The van der Waals surface area contributed by atoms with Gasteiger partial charge in [0, 0.05) is 23.8 Å². The van der Waals surface area contributed by atoms with E-state index in [1.165, 1.54) is 0 Å². The van der Waals surface area contributed by atoms with Gasteiger partial charge in [-0.15, -0.1) is 0 Å². The van der Waals surface area contributed by atoms with E-state index >= 15 is 0 Å². The van der Waals surface area contributed by atoms with Crippen LogP contribution in [-0.4, -0.2) is 19.6 Å². The van der Waals surface area contributed by atoms with E-state index in [1.807, 2.05) is 59.3 Å². The standard InChI is InChI=1S/C13H10ClIN4/c1-18-13(12(15)7-16-18)9-6-17-19(8-9)11-4-2-10(14)3-5-11/h2-8H,1H3. The fraction of sp³-hybridized carbons (Fsp3) is 0.0769. The Morgan fingerprint density at radius 3 is 2.47 bits per heavy atom. The van der Waals surface area contributed by atoms with Crippen LogP contribution in [0.3, 0.4) is 0 Å². The summed E-state index contributed by atoms with van der Waals surface area (Å²) in [5.74, 6) is 0. The lowest BCUT2D eigenvalue weighted by atomic mass is 10.2. The number of aryl methyl sites for hydroxylation is 1. The number of benzene rings is 1. The van der Waals surface area contributed by atoms with Crippen molar-refractivity contribution < 1.29 is 0 Å². The maximum Gasteiger partial charge on any atom is 0.0844 e. The Kier molecular flexibility index (Phi) is 3.32. The molecule has 6 heteroatoms. The van der Waals surface area contributed by atoms with Gasteiger partial charge >= 0.3 is 0 Å². The molecule has 0 fully saturated rings. The fourth-order valence-corrected chi connectivity index (χ4v) is 2.83. The first-order valence-electron chi connectivity index (χ1n) is 5.63. The van der Waals surface area contributed by atoms with Crippen LogP contribution in [0.2, 0.25) is 5.02 Å². The Hall–Kier alpha value is -1.34. The van der Waals surface area contributed by atoms with Gasteiger partial charge in [-0.2, -0.15) is 10.2 Å². The molecule has 4 nitrogen and oxygen atoms in total. The zero-order valence-corrected chi connectivity index (χ0v) is 13.0. The average molecular weight is 385 g/mol. The fourth-order valence-electron chi connectivity index (χ4n) is 1.92. The van der Waals surface area contributed by atoms with Gasteiger partial charge in [0.2, 0.25) is 0 Å². The molecule has 0 radical (unpaired) electrons. The summed E-state index contributed by atoms with van der Waals surface area (Å²) in [5, 5.41) is 9.34. The van der Waals surface area contributed by atoms with Crippen LogP contribution < -0.4 is 0 Å². The second-order valence-electron chi connectivity index (χ2n) is 4.11. The molecule has 0 aliphatic carbocycles. The first kappa shape index (κ1) is 12.7. The molecule has 0 saturated heterocycles. The zero-order valence-electron chi connectivity index (χ0n) is 10.1. The van der Waals surface area contributed by atoms with E-state index < -0.39 is 0 Å². The first-order chi connectivity index (χ1) is 9.15. The minimum atomic E-state index is 0.720. The minimum Gasteiger partial charge on any atom is -0.267 e. The molecular formula is C13H10ClIN4. The van der Waals surface area contributed by atoms with E-state index in [1.54, 1.807) is 0 Å². The molecule has 0 bridgehead atoms. The number of nitrogens with zero attached hydrogens (tertiary/aromatic N) is 4. The first-order valence-corrected chi connectivity index (χ1v) is 7.09. The molecular weight excluding hydrogens is 375 g/mol. The van der Waals surface area contributed by atoms with Gasteiger partial charge < -0.3 is 0 Å². The third-order valence-electron chi connectivity index (χ3n) is 2.84. The lowest BCUT2D eigenvalue weighted by Crippen LogP contribution is -1.94. The third kappa shape index (κ3) is 2.40. The molecule has 0 aliphatic heterocycles. The van der Waals surface area contributed by atoms with Crippen LogP contribution in [0.1, 0.15) is 0 Å². The Morgan fingerprint density at radius 1 is 1.11 bits per heavy atom. The van der Waals surface area contributed by atoms with Crippen LogP contribution in [-0.2, 0) is 7.05 Å². The lowest BCUT2D eigenvalue weighted by molar-refractivity contribution is 0.775. The second-order valence-corrected chi connectivity index (χ2v) is 5.71. The molecule has 19 heavy (non-hydrogen) atoms. The molecule has 3 rings (SSSR count). The van der Waals surface area contributed by atoms with E-state index in [2.05, 4.69) is 32.8 Å². The highest BCUT2D eigenvalue weighted by Crippen LogP contribution is 2.25. The Bertz CT molecular complexity index is 695. The molecule has 1 aromatic carbocycles. The Labute approximate surface area is 129 Å². The number of rotatable bonds is 2. The SMILES string of the molecule is Cn1ncc(I)c1-c1cnn(-c2ccc(Cl)cc2)c1. The summed E-state index contributed by atoms with van der Waals surface area (Å²) in [6.45, 7) is 0. The summed E-state index contributed by atoms with van der Waals surface area (Å²) >= 11 is 8.16. The molecule has 0 amide bonds. The molecule has 0 saturated carbocycles. The highest BCUT2D eigenvalue weighted by molar-refractivity contribution is 14.1. The molecule has 2 heterocycles. The summed E-state index contributed by atoms with van der Waals surface area (Å²) in [5.41, 5.74) is 3.09. The predicted octanol–water partition coefficient (Wildman–Crippen LogP) is 3.53. The van der Waals surface area contributed by atoms with E-state index in [0.29, 0.717) is 0 Å². The highest BCUT2D eigenvalue weighted by Gasteiger charge is 2.11. The van der Waals surface area contributed by atoms with E-state index in [-0.39, 0.29) is 0 Å². The molecule has 0 unspecified atom stereocenters. The Morgan fingerprint density at radius 2 is 1.84 bits per heavy atom. The third-order valence-corrected chi connectivity index (χ3v) is 3.88. The number of hydrogen-bond donors (Lipinski definition) is 0. The summed E-state index contributed by atoms with van der Waals surface area (Å²) < 4.78 is 4.79. The molecule has 0 atom stereocenters. The van der Waals surface area contributed by atoms with Gasteiger partial charge in [-0.3, -0.25) is 4.68 Å². The van der Waals surface area contributed by atoms with Crippen LogP contribution in [0.4, 0.5) is 0 Å². The molecule has 0 N–H and O–H groups in total. The second kappa shape index (κ2) is 4.97. The van der Waals surface area contributed by atoms with E-state index in [4.69, 9.17) is 11.6 Å². The van der Waals surface area contributed by atoms with Crippen molar-refractivity contribution in [1.82, 2.24) is 19.6 Å². The highest BCUT2D eigenvalue weighted by atomic mass is 127. The maximum atomic E-state index is 5.88. The van der Waals surface area contributed by atoms with Crippen LogP contribution >= 0.6 is 34.2 Å². The molecule has 0 aliphatic rings. The van der Waals surface area contributed by atoms with Gasteiger partial charge in [0.1, 0.15) is 0 Å². The molecule has 96 valence electrons. The van der Waals surface area contributed by atoms with Crippen molar-refractivity contribution in [3.05, 3.63) is 51.4 Å². The zero-order chi connectivity index (χ0) is 13.4. The van der Waals surface area contributed by atoms with Gasteiger partial charge in [0.25, 0.3) is 0 Å². The summed E-state index contributed by atoms with van der Waals surface area (Å²) in [6.07, 6.45) is 5.67. The van der Waals surface area contributed by atoms with Crippen molar-refractivity contribution in [3.8, 4) is 16.9 Å². The van der Waals surface area contributed by atoms with Gasteiger partial charge in [-0.25, -0.2) is 4.68 Å². The lowest BCUT2D eigenvalue weighted by Gasteiger charge is -2.01. The summed E-state index contributed by atoms with van der Waals surface area (Å²) in [7, 11) is 1.93. The Balaban J connectivity index is 2.02. The van der Waals surface area contributed by atoms with Crippen molar-refractivity contribution in [3.63, 3.8) is 0 Å². The van der Waals surface area contributed by atoms with Gasteiger partial charge in [-0.1, -0.05) is 11.6 Å². The van der Waals surface area contributed by atoms with Crippen LogP contribution in [0, 0.1) is 3.57 Å².